The molecule has 0 atom stereocenters. The van der Waals surface area contributed by atoms with Crippen molar-refractivity contribution in [3.8, 4) is 0 Å². The number of rotatable bonds is 19. The Kier molecular flexibility index (Phi) is 18.2. The van der Waals surface area contributed by atoms with Crippen LogP contribution in [0.15, 0.2) is 12.2 Å². The highest BCUT2D eigenvalue weighted by Gasteiger charge is 2.13. The summed E-state index contributed by atoms with van der Waals surface area (Å²) in [6.45, 7) is 1.83. The Hall–Kier alpha value is -0.680. The van der Waals surface area contributed by atoms with Gasteiger partial charge in [-0.3, -0.25) is 9.32 Å². The highest BCUT2D eigenvalue weighted by molar-refractivity contribution is 7.46. The maximum absolute atomic E-state index is 11.4. The largest absolute Gasteiger partial charge is 0.469 e. The standard InChI is InChI=1S/C20H39O6P/c1-2-3-4-5-6-7-8-9-10-11-12-13-14-15-16-17-20(21)25-18-19-26-27(22,23)24/h9-10H,2-8,11-19H2,1H3,(H2,22,23,24). The number of phosphoric ester groups is 1. The van der Waals surface area contributed by atoms with E-state index in [9.17, 15) is 9.36 Å². The fourth-order valence-electron chi connectivity index (χ4n) is 2.72. The van der Waals surface area contributed by atoms with Crippen molar-refractivity contribution in [1.29, 1.82) is 0 Å². The van der Waals surface area contributed by atoms with Gasteiger partial charge in [0.2, 0.25) is 0 Å². The van der Waals surface area contributed by atoms with E-state index >= 15 is 0 Å². The third-order valence-electron chi connectivity index (χ3n) is 4.25. The van der Waals surface area contributed by atoms with Gasteiger partial charge in [-0.25, -0.2) is 4.57 Å². The Morgan fingerprint density at radius 1 is 0.815 bits per heavy atom. The molecule has 0 aliphatic carbocycles. The zero-order valence-electron chi connectivity index (χ0n) is 16.9. The summed E-state index contributed by atoms with van der Waals surface area (Å²) in [6, 6.07) is 0. The highest BCUT2D eigenvalue weighted by Crippen LogP contribution is 2.35. The van der Waals surface area contributed by atoms with Crippen LogP contribution >= 0.6 is 7.82 Å². The Bertz CT molecular complexity index is 419. The summed E-state index contributed by atoms with van der Waals surface area (Å²) < 4.78 is 19.5. The number of carbonyl (C=O) groups is 1. The van der Waals surface area contributed by atoms with Crippen LogP contribution in [0.1, 0.15) is 96.8 Å². The number of esters is 1. The van der Waals surface area contributed by atoms with Crippen LogP contribution in [0.4, 0.5) is 0 Å². The van der Waals surface area contributed by atoms with Gasteiger partial charge in [0.15, 0.2) is 0 Å². The molecule has 0 rings (SSSR count). The van der Waals surface area contributed by atoms with Crippen molar-refractivity contribution in [3.05, 3.63) is 12.2 Å². The molecular weight excluding hydrogens is 367 g/mol. The van der Waals surface area contributed by atoms with Crippen LogP contribution < -0.4 is 0 Å². The number of carbonyl (C=O) groups excluding carboxylic acids is 1. The quantitative estimate of drug-likeness (QED) is 0.124. The van der Waals surface area contributed by atoms with Gasteiger partial charge in [-0.2, -0.15) is 0 Å². The van der Waals surface area contributed by atoms with Gasteiger partial charge in [0, 0.05) is 6.42 Å². The lowest BCUT2D eigenvalue weighted by molar-refractivity contribution is -0.144. The Morgan fingerprint density at radius 3 is 1.89 bits per heavy atom. The monoisotopic (exact) mass is 406 g/mol. The predicted octanol–water partition coefficient (Wildman–Crippen LogP) is 5.68. The van der Waals surface area contributed by atoms with Crippen LogP contribution in [0, 0.1) is 0 Å². The van der Waals surface area contributed by atoms with Crippen molar-refractivity contribution in [1.82, 2.24) is 0 Å². The van der Waals surface area contributed by atoms with Crippen molar-refractivity contribution in [2.75, 3.05) is 13.2 Å². The number of hydrogen-bond donors (Lipinski definition) is 2. The van der Waals surface area contributed by atoms with Crippen molar-refractivity contribution in [2.45, 2.75) is 96.8 Å². The highest BCUT2D eigenvalue weighted by atomic mass is 31.2. The van der Waals surface area contributed by atoms with Crippen LogP contribution in [0.5, 0.6) is 0 Å². The average Bonchev–Trinajstić information content (AvgIpc) is 2.61. The Balaban J connectivity index is 3.27. The fourth-order valence-corrected chi connectivity index (χ4v) is 3.04. The molecule has 160 valence electrons. The molecule has 7 heteroatoms. The molecule has 0 fully saturated rings. The third kappa shape index (κ3) is 23.3. The summed E-state index contributed by atoms with van der Waals surface area (Å²) in [7, 11) is -4.48. The number of hydrogen-bond acceptors (Lipinski definition) is 4. The van der Waals surface area contributed by atoms with Gasteiger partial charge in [-0.1, -0.05) is 70.4 Å². The average molecular weight is 407 g/mol. The molecule has 0 heterocycles. The zero-order valence-corrected chi connectivity index (χ0v) is 17.8. The summed E-state index contributed by atoms with van der Waals surface area (Å²) >= 11 is 0. The second-order valence-corrected chi connectivity index (χ2v) is 8.12. The molecule has 0 aromatic carbocycles. The van der Waals surface area contributed by atoms with Gasteiger partial charge in [0.25, 0.3) is 0 Å². The van der Waals surface area contributed by atoms with Crippen LogP contribution in [0.3, 0.4) is 0 Å². The Morgan fingerprint density at radius 2 is 1.33 bits per heavy atom. The van der Waals surface area contributed by atoms with E-state index in [-0.39, 0.29) is 19.2 Å². The van der Waals surface area contributed by atoms with Crippen LogP contribution in [0.25, 0.3) is 0 Å². The first kappa shape index (κ1) is 26.3. The van der Waals surface area contributed by atoms with E-state index in [2.05, 4.69) is 23.6 Å². The molecule has 0 unspecified atom stereocenters. The fraction of sp³-hybridized carbons (Fsp3) is 0.850. The molecule has 6 nitrogen and oxygen atoms in total. The summed E-state index contributed by atoms with van der Waals surface area (Å²) in [5.41, 5.74) is 0. The van der Waals surface area contributed by atoms with E-state index < -0.39 is 7.82 Å². The number of allylic oxidation sites excluding steroid dienone is 2. The first-order valence-electron chi connectivity index (χ1n) is 10.5. The van der Waals surface area contributed by atoms with E-state index in [1.165, 1.54) is 57.8 Å². The molecule has 0 aromatic heterocycles. The summed E-state index contributed by atoms with van der Waals surface area (Å²) in [6.07, 6.45) is 20.6. The van der Waals surface area contributed by atoms with E-state index in [1.54, 1.807) is 0 Å². The van der Waals surface area contributed by atoms with Gasteiger partial charge in [0.1, 0.15) is 6.61 Å². The maximum Gasteiger partial charge on any atom is 0.469 e. The van der Waals surface area contributed by atoms with Gasteiger partial charge in [-0.05, 0) is 32.1 Å². The summed E-state index contributed by atoms with van der Waals surface area (Å²) in [5, 5.41) is 0. The van der Waals surface area contributed by atoms with Gasteiger partial charge < -0.3 is 14.5 Å². The second kappa shape index (κ2) is 18.7. The van der Waals surface area contributed by atoms with Crippen LogP contribution in [0.2, 0.25) is 0 Å². The van der Waals surface area contributed by atoms with Gasteiger partial charge in [0.05, 0.1) is 6.61 Å². The number of ether oxygens (including phenoxy) is 1. The van der Waals surface area contributed by atoms with Crippen molar-refractivity contribution in [3.63, 3.8) is 0 Å². The molecule has 27 heavy (non-hydrogen) atoms. The molecule has 0 bridgehead atoms. The molecule has 0 aliphatic rings. The van der Waals surface area contributed by atoms with Crippen LogP contribution in [-0.2, 0) is 18.6 Å². The minimum Gasteiger partial charge on any atom is -0.463 e. The first-order chi connectivity index (χ1) is 13.0. The topological polar surface area (TPSA) is 93.1 Å². The minimum atomic E-state index is -4.48. The lowest BCUT2D eigenvalue weighted by Gasteiger charge is -2.06. The first-order valence-corrected chi connectivity index (χ1v) is 12.0. The predicted molar refractivity (Wildman–Crippen MR) is 108 cm³/mol. The summed E-state index contributed by atoms with van der Waals surface area (Å²) in [4.78, 5) is 28.4. The van der Waals surface area contributed by atoms with Crippen molar-refractivity contribution >= 4 is 13.8 Å². The van der Waals surface area contributed by atoms with Gasteiger partial charge in [-0.15, -0.1) is 0 Å². The lowest BCUT2D eigenvalue weighted by Crippen LogP contribution is -2.09. The molecule has 0 aromatic rings. The van der Waals surface area contributed by atoms with E-state index in [1.807, 2.05) is 0 Å². The number of phosphoric acid groups is 1. The number of unbranched alkanes of at least 4 members (excludes halogenated alkanes) is 11. The van der Waals surface area contributed by atoms with E-state index in [0.29, 0.717) is 6.42 Å². The van der Waals surface area contributed by atoms with E-state index in [0.717, 1.165) is 25.7 Å². The molecule has 0 amide bonds. The third-order valence-corrected chi connectivity index (χ3v) is 4.77. The normalized spacial score (nSPS) is 12.0. The molecule has 2 N–H and O–H groups in total. The molecular formula is C20H39O6P. The Labute approximate surface area is 165 Å². The van der Waals surface area contributed by atoms with Gasteiger partial charge >= 0.3 is 13.8 Å². The van der Waals surface area contributed by atoms with Crippen molar-refractivity contribution in [2.24, 2.45) is 0 Å². The molecule has 0 aliphatic heterocycles. The zero-order chi connectivity index (χ0) is 20.2. The molecule has 0 saturated heterocycles. The molecule has 0 spiro atoms. The molecule has 0 radical (unpaired) electrons. The lowest BCUT2D eigenvalue weighted by atomic mass is 10.1. The summed E-state index contributed by atoms with van der Waals surface area (Å²) in [5.74, 6) is -0.345. The minimum absolute atomic E-state index is 0.130. The second-order valence-electron chi connectivity index (χ2n) is 6.88. The van der Waals surface area contributed by atoms with E-state index in [4.69, 9.17) is 14.5 Å². The maximum atomic E-state index is 11.4. The SMILES string of the molecule is CCCCCCCCC=CCCCCCCCC(=O)OCCOP(=O)(O)O. The molecule has 0 saturated carbocycles. The van der Waals surface area contributed by atoms with Crippen LogP contribution in [-0.4, -0.2) is 29.0 Å². The smallest absolute Gasteiger partial charge is 0.463 e. The van der Waals surface area contributed by atoms with Crippen molar-refractivity contribution < 1.29 is 28.4 Å².